The molecule has 0 aromatic heterocycles. The van der Waals surface area contributed by atoms with E-state index in [1.54, 1.807) is 0 Å². The summed E-state index contributed by atoms with van der Waals surface area (Å²) in [4.78, 5) is 5.76. The van der Waals surface area contributed by atoms with E-state index in [-0.39, 0.29) is 0 Å². The Morgan fingerprint density at radius 3 is 1.96 bits per heavy atom. The van der Waals surface area contributed by atoms with Crippen molar-refractivity contribution in [2.45, 2.75) is 52.9 Å². The van der Waals surface area contributed by atoms with Gasteiger partial charge in [-0.2, -0.15) is 5.06 Å². The molecule has 2 aromatic carbocycles. The fourth-order valence-electron chi connectivity index (χ4n) is 4.20. The Hall–Kier alpha value is -1.64. The second kappa shape index (κ2) is 8.37. The molecular weight excluding hydrogens is 318 g/mol. The molecule has 1 aliphatic carbocycles. The van der Waals surface area contributed by atoms with E-state index in [1.807, 2.05) is 7.11 Å². The fourth-order valence-corrected chi connectivity index (χ4v) is 4.20. The summed E-state index contributed by atoms with van der Waals surface area (Å²) in [5.74, 6) is 1.27. The highest BCUT2D eigenvalue weighted by Gasteiger charge is 2.27. The molecule has 1 aliphatic rings. The van der Waals surface area contributed by atoms with Crippen molar-refractivity contribution in [3.8, 4) is 0 Å². The van der Waals surface area contributed by atoms with Crippen LogP contribution in [0.1, 0.15) is 52.1 Å². The molecule has 1 unspecified atom stereocenters. The predicted molar refractivity (Wildman–Crippen MR) is 110 cm³/mol. The lowest BCUT2D eigenvalue weighted by atomic mass is 9.84. The van der Waals surface area contributed by atoms with Crippen LogP contribution in [0.3, 0.4) is 0 Å². The van der Waals surface area contributed by atoms with Gasteiger partial charge in [0.05, 0.1) is 7.11 Å². The zero-order valence-electron chi connectivity index (χ0n) is 17.0. The number of nitrogens with zero attached hydrogens (tertiary/aromatic N) is 1. The van der Waals surface area contributed by atoms with Crippen molar-refractivity contribution in [2.24, 2.45) is 5.92 Å². The zero-order chi connectivity index (χ0) is 18.7. The minimum absolute atomic E-state index is 0.440. The van der Waals surface area contributed by atoms with Gasteiger partial charge >= 0.3 is 0 Å². The molecule has 0 heterocycles. The Balaban J connectivity index is 1.92. The van der Waals surface area contributed by atoms with Gasteiger partial charge in [0.1, 0.15) is 0 Å². The molecule has 2 nitrogen and oxygen atoms in total. The number of hydroxylamine groups is 2. The first kappa shape index (κ1) is 19.1. The molecule has 1 saturated carbocycles. The third kappa shape index (κ3) is 4.55. The van der Waals surface area contributed by atoms with Crippen LogP contribution in [-0.4, -0.2) is 25.3 Å². The van der Waals surface area contributed by atoms with Gasteiger partial charge in [0, 0.05) is 19.0 Å². The van der Waals surface area contributed by atoms with Gasteiger partial charge in [0.2, 0.25) is 0 Å². The number of benzene rings is 2. The molecular formula is C24H33NO. The van der Waals surface area contributed by atoms with Crippen LogP contribution in [0.15, 0.2) is 36.4 Å². The summed E-state index contributed by atoms with van der Waals surface area (Å²) in [6, 6.07) is 13.3. The highest BCUT2D eigenvalue weighted by atomic mass is 16.7. The number of aryl methyl sites for hydroxylation is 4. The monoisotopic (exact) mass is 351 g/mol. The molecule has 0 N–H and O–H groups in total. The van der Waals surface area contributed by atoms with Crippen molar-refractivity contribution in [2.75, 3.05) is 20.2 Å². The highest BCUT2D eigenvalue weighted by Crippen LogP contribution is 2.33. The number of hydrogen-bond donors (Lipinski definition) is 0. The summed E-state index contributed by atoms with van der Waals surface area (Å²) in [5, 5.41) is 2.20. The quantitative estimate of drug-likeness (QED) is 0.581. The molecule has 3 rings (SSSR count). The van der Waals surface area contributed by atoms with Crippen LogP contribution in [0.4, 0.5) is 0 Å². The summed E-state index contributed by atoms with van der Waals surface area (Å²) in [6.45, 7) is 11.0. The van der Waals surface area contributed by atoms with Gasteiger partial charge < -0.3 is 4.84 Å². The summed E-state index contributed by atoms with van der Waals surface area (Å²) in [7, 11) is 1.82. The normalized spacial score (nSPS) is 15.5. The summed E-state index contributed by atoms with van der Waals surface area (Å²) >= 11 is 0. The average Bonchev–Trinajstić information content (AvgIpc) is 3.41. The lowest BCUT2D eigenvalue weighted by molar-refractivity contribution is -0.137. The van der Waals surface area contributed by atoms with Gasteiger partial charge in [0.15, 0.2) is 0 Å². The van der Waals surface area contributed by atoms with Crippen LogP contribution in [-0.2, 0) is 11.3 Å². The first-order chi connectivity index (χ1) is 12.5. The predicted octanol–water partition coefficient (Wildman–Crippen LogP) is 5.52. The smallest absolute Gasteiger partial charge is 0.0575 e. The second-order valence-corrected chi connectivity index (χ2v) is 8.05. The molecule has 0 amide bonds. The Labute approximate surface area is 159 Å². The highest BCUT2D eigenvalue weighted by molar-refractivity contribution is 5.40. The summed E-state index contributed by atoms with van der Waals surface area (Å²) < 4.78 is 0. The Morgan fingerprint density at radius 2 is 1.46 bits per heavy atom. The Bertz CT molecular complexity index is 707. The molecule has 26 heavy (non-hydrogen) atoms. The van der Waals surface area contributed by atoms with Gasteiger partial charge in [-0.25, -0.2) is 0 Å². The molecule has 0 aliphatic heterocycles. The van der Waals surface area contributed by atoms with E-state index in [1.165, 1.54) is 46.2 Å². The van der Waals surface area contributed by atoms with Gasteiger partial charge in [0.25, 0.3) is 0 Å². The minimum Gasteiger partial charge on any atom is -0.302 e. The summed E-state index contributed by atoms with van der Waals surface area (Å²) in [6.07, 6.45) is 3.77. The van der Waals surface area contributed by atoms with Crippen LogP contribution >= 0.6 is 0 Å². The van der Waals surface area contributed by atoms with Gasteiger partial charge in [-0.1, -0.05) is 36.4 Å². The van der Waals surface area contributed by atoms with E-state index in [0.29, 0.717) is 5.92 Å². The van der Waals surface area contributed by atoms with Crippen LogP contribution in [0, 0.1) is 33.6 Å². The van der Waals surface area contributed by atoms with E-state index in [4.69, 9.17) is 4.84 Å². The van der Waals surface area contributed by atoms with Crippen molar-refractivity contribution >= 4 is 0 Å². The van der Waals surface area contributed by atoms with Crippen molar-refractivity contribution in [1.82, 2.24) is 5.06 Å². The van der Waals surface area contributed by atoms with Crippen molar-refractivity contribution in [3.05, 3.63) is 69.8 Å². The molecule has 2 heteroatoms. The lowest BCUT2D eigenvalue weighted by Crippen LogP contribution is -2.31. The first-order valence-electron chi connectivity index (χ1n) is 9.89. The van der Waals surface area contributed by atoms with E-state index in [9.17, 15) is 0 Å². The van der Waals surface area contributed by atoms with Gasteiger partial charge in [-0.05, 0) is 86.3 Å². The molecule has 140 valence electrons. The van der Waals surface area contributed by atoms with Crippen LogP contribution in [0.25, 0.3) is 0 Å². The van der Waals surface area contributed by atoms with E-state index >= 15 is 0 Å². The van der Waals surface area contributed by atoms with Crippen LogP contribution < -0.4 is 0 Å². The van der Waals surface area contributed by atoms with Gasteiger partial charge in [-0.15, -0.1) is 0 Å². The van der Waals surface area contributed by atoms with Crippen LogP contribution in [0.5, 0.6) is 0 Å². The maximum absolute atomic E-state index is 5.76. The van der Waals surface area contributed by atoms with E-state index in [2.05, 4.69) is 69.2 Å². The number of rotatable bonds is 8. The minimum atomic E-state index is 0.440. The second-order valence-electron chi connectivity index (χ2n) is 8.05. The third-order valence-electron chi connectivity index (χ3n) is 5.89. The largest absolute Gasteiger partial charge is 0.302 e. The molecule has 1 fully saturated rings. The van der Waals surface area contributed by atoms with Crippen molar-refractivity contribution < 1.29 is 4.84 Å². The first-order valence-corrected chi connectivity index (χ1v) is 9.89. The van der Waals surface area contributed by atoms with Crippen LogP contribution in [0.2, 0.25) is 0 Å². The Kier molecular flexibility index (Phi) is 6.16. The third-order valence-corrected chi connectivity index (χ3v) is 5.89. The standard InChI is InChI=1S/C24H33NO/c1-17-8-6-9-18(2)23(17)14-22(16-25(26-5)15-21-12-13-21)24-19(3)10-7-11-20(24)4/h6-11,21-22H,12-16H2,1-5H3. The van der Waals surface area contributed by atoms with E-state index in [0.717, 1.165) is 25.4 Å². The summed E-state index contributed by atoms with van der Waals surface area (Å²) in [5.41, 5.74) is 8.56. The zero-order valence-corrected chi connectivity index (χ0v) is 17.0. The average molecular weight is 352 g/mol. The molecule has 0 radical (unpaired) electrons. The van der Waals surface area contributed by atoms with Crippen molar-refractivity contribution in [3.63, 3.8) is 0 Å². The number of hydrogen-bond acceptors (Lipinski definition) is 2. The van der Waals surface area contributed by atoms with E-state index < -0.39 is 0 Å². The topological polar surface area (TPSA) is 12.5 Å². The molecule has 0 saturated heterocycles. The van der Waals surface area contributed by atoms with Gasteiger partial charge in [-0.3, -0.25) is 0 Å². The maximum Gasteiger partial charge on any atom is 0.0575 e. The Morgan fingerprint density at radius 1 is 0.923 bits per heavy atom. The SMILES string of the molecule is CON(CC1CC1)CC(Cc1c(C)cccc1C)c1c(C)cccc1C. The van der Waals surface area contributed by atoms with Crippen molar-refractivity contribution in [1.29, 1.82) is 0 Å². The maximum atomic E-state index is 5.76. The molecule has 1 atom stereocenters. The molecule has 0 bridgehead atoms. The lowest BCUT2D eigenvalue weighted by Gasteiger charge is -2.29. The molecule has 2 aromatic rings. The molecule has 0 spiro atoms. The fraction of sp³-hybridized carbons (Fsp3) is 0.500.